The number of benzene rings is 2. The summed E-state index contributed by atoms with van der Waals surface area (Å²) in [5.74, 6) is -0.271. The quantitative estimate of drug-likeness (QED) is 0.738. The van der Waals surface area contributed by atoms with Crippen LogP contribution in [0, 0.1) is 6.92 Å². The maximum atomic E-state index is 12.5. The number of aryl methyl sites for hydroxylation is 1. The molecule has 2 rings (SSSR count). The van der Waals surface area contributed by atoms with Crippen LogP contribution in [-0.2, 0) is 9.59 Å². The van der Waals surface area contributed by atoms with Crippen molar-refractivity contribution < 1.29 is 9.59 Å². The largest absolute Gasteiger partial charge is 0.324 e. The van der Waals surface area contributed by atoms with Gasteiger partial charge in [0.05, 0.1) is 15.7 Å². The number of amides is 2. The molecule has 0 saturated heterocycles. The van der Waals surface area contributed by atoms with Gasteiger partial charge >= 0.3 is 0 Å². The minimum absolute atomic E-state index is 0.0832. The van der Waals surface area contributed by atoms with E-state index in [2.05, 4.69) is 19.2 Å². The topological polar surface area (TPSA) is 49.4 Å². The highest BCUT2D eigenvalue weighted by Crippen LogP contribution is 2.31. The summed E-state index contributed by atoms with van der Waals surface area (Å²) < 4.78 is 0. The summed E-state index contributed by atoms with van der Waals surface area (Å²) in [6.45, 7) is 7.44. The third kappa shape index (κ3) is 4.77. The molecule has 0 fully saturated rings. The fourth-order valence-corrected chi connectivity index (χ4v) is 3.08. The van der Waals surface area contributed by atoms with Gasteiger partial charge in [0.15, 0.2) is 0 Å². The molecule has 0 bridgehead atoms. The van der Waals surface area contributed by atoms with Gasteiger partial charge in [-0.25, -0.2) is 0 Å². The molecule has 0 aliphatic carbocycles. The van der Waals surface area contributed by atoms with Gasteiger partial charge in [0.25, 0.3) is 0 Å². The Bertz CT molecular complexity index is 835. The molecule has 2 amide bonds. The van der Waals surface area contributed by atoms with Crippen LogP contribution in [0.3, 0.4) is 0 Å². The van der Waals surface area contributed by atoms with Crippen LogP contribution < -0.4 is 10.2 Å². The van der Waals surface area contributed by atoms with Crippen molar-refractivity contribution in [3.8, 4) is 0 Å². The lowest BCUT2D eigenvalue weighted by molar-refractivity contribution is -0.120. The Kier molecular flexibility index (Phi) is 6.68. The zero-order valence-corrected chi connectivity index (χ0v) is 16.8. The lowest BCUT2D eigenvalue weighted by atomic mass is 9.97. The van der Waals surface area contributed by atoms with Gasteiger partial charge in [-0.2, -0.15) is 0 Å². The summed E-state index contributed by atoms with van der Waals surface area (Å²) in [7, 11) is 0. The third-order valence-corrected chi connectivity index (χ3v) is 4.79. The van der Waals surface area contributed by atoms with Gasteiger partial charge in [-0.05, 0) is 42.2 Å². The molecule has 0 aliphatic rings. The number of halogens is 2. The molecule has 0 heterocycles. The highest BCUT2D eigenvalue weighted by Gasteiger charge is 2.22. The summed E-state index contributed by atoms with van der Waals surface area (Å²) in [4.78, 5) is 26.3. The minimum Gasteiger partial charge on any atom is -0.324 e. The SMILES string of the molecule is CC(=O)N(CC(=O)Nc1ccc(Cl)c(Cl)c1)c1c(C)cccc1C(C)C. The predicted octanol–water partition coefficient (Wildman–Crippen LogP) is 5.42. The first-order valence-corrected chi connectivity index (χ1v) is 9.08. The molecule has 6 heteroatoms. The lowest BCUT2D eigenvalue weighted by Gasteiger charge is -2.27. The zero-order chi connectivity index (χ0) is 19.4. The molecule has 138 valence electrons. The fraction of sp³-hybridized carbons (Fsp3) is 0.300. The molecular weight excluding hydrogens is 371 g/mol. The standard InChI is InChI=1S/C20H22Cl2N2O2/c1-12(2)16-7-5-6-13(3)20(16)24(14(4)25)11-19(26)23-15-8-9-17(21)18(22)10-15/h5-10,12H,11H2,1-4H3,(H,23,26). The number of anilines is 2. The van der Waals surface area contributed by atoms with Crippen LogP contribution in [0.2, 0.25) is 10.0 Å². The molecule has 0 radical (unpaired) electrons. The number of nitrogens with zero attached hydrogens (tertiary/aromatic N) is 1. The number of hydrogen-bond acceptors (Lipinski definition) is 2. The number of rotatable bonds is 5. The molecular formula is C20H22Cl2N2O2. The van der Waals surface area contributed by atoms with Gasteiger partial charge in [-0.15, -0.1) is 0 Å². The first kappa shape index (κ1) is 20.3. The Hall–Kier alpha value is -2.04. The minimum atomic E-state index is -0.309. The fourth-order valence-electron chi connectivity index (χ4n) is 2.78. The molecule has 4 nitrogen and oxygen atoms in total. The van der Waals surface area contributed by atoms with E-state index in [1.165, 1.54) is 11.8 Å². The van der Waals surface area contributed by atoms with Gasteiger partial charge < -0.3 is 10.2 Å². The summed E-state index contributed by atoms with van der Waals surface area (Å²) >= 11 is 11.9. The van der Waals surface area contributed by atoms with Crippen LogP contribution in [-0.4, -0.2) is 18.4 Å². The Balaban J connectivity index is 2.28. The van der Waals surface area contributed by atoms with E-state index in [0.29, 0.717) is 15.7 Å². The first-order chi connectivity index (χ1) is 12.2. The number of para-hydroxylation sites is 1. The monoisotopic (exact) mass is 392 g/mol. The number of nitrogens with one attached hydrogen (secondary N) is 1. The molecule has 2 aromatic carbocycles. The van der Waals surface area contributed by atoms with Crippen molar-refractivity contribution in [1.29, 1.82) is 0 Å². The maximum Gasteiger partial charge on any atom is 0.244 e. The summed E-state index contributed by atoms with van der Waals surface area (Å²) in [6, 6.07) is 10.7. The van der Waals surface area contributed by atoms with E-state index < -0.39 is 0 Å². The van der Waals surface area contributed by atoms with Crippen LogP contribution in [0.1, 0.15) is 37.8 Å². The lowest BCUT2D eigenvalue weighted by Crippen LogP contribution is -2.37. The summed E-state index contributed by atoms with van der Waals surface area (Å²) in [5.41, 5.74) is 3.30. The molecule has 0 aromatic heterocycles. The van der Waals surface area contributed by atoms with Crippen molar-refractivity contribution >= 4 is 46.4 Å². The second-order valence-corrected chi connectivity index (χ2v) is 7.26. The average Bonchev–Trinajstić information content (AvgIpc) is 2.56. The van der Waals surface area contributed by atoms with Crippen molar-refractivity contribution in [3.05, 3.63) is 57.6 Å². The van der Waals surface area contributed by atoms with E-state index in [-0.39, 0.29) is 24.3 Å². The Morgan fingerprint density at radius 1 is 1.12 bits per heavy atom. The molecule has 0 unspecified atom stereocenters. The number of carbonyl (C=O) groups is 2. The summed E-state index contributed by atoms with van der Waals surface area (Å²) in [6.07, 6.45) is 0. The normalized spacial score (nSPS) is 10.7. The number of carbonyl (C=O) groups excluding carboxylic acids is 2. The molecule has 1 N–H and O–H groups in total. The van der Waals surface area contributed by atoms with Crippen LogP contribution in [0.5, 0.6) is 0 Å². The molecule has 0 aliphatic heterocycles. The van der Waals surface area contributed by atoms with Crippen LogP contribution in [0.4, 0.5) is 11.4 Å². The Labute approximate surface area is 164 Å². The average molecular weight is 393 g/mol. The van der Waals surface area contributed by atoms with Crippen molar-refractivity contribution in [2.75, 3.05) is 16.8 Å². The maximum absolute atomic E-state index is 12.5. The predicted molar refractivity (Wildman–Crippen MR) is 108 cm³/mol. The molecule has 0 saturated carbocycles. The molecule has 0 atom stereocenters. The van der Waals surface area contributed by atoms with Gasteiger partial charge in [-0.3, -0.25) is 9.59 Å². The molecule has 2 aromatic rings. The number of hydrogen-bond donors (Lipinski definition) is 1. The van der Waals surface area contributed by atoms with Crippen molar-refractivity contribution in [2.24, 2.45) is 0 Å². The van der Waals surface area contributed by atoms with E-state index in [0.717, 1.165) is 16.8 Å². The van der Waals surface area contributed by atoms with Crippen LogP contribution in [0.25, 0.3) is 0 Å². The van der Waals surface area contributed by atoms with Crippen LogP contribution >= 0.6 is 23.2 Å². The van der Waals surface area contributed by atoms with Crippen molar-refractivity contribution in [3.63, 3.8) is 0 Å². The van der Waals surface area contributed by atoms with Gasteiger partial charge in [-0.1, -0.05) is 55.2 Å². The zero-order valence-electron chi connectivity index (χ0n) is 15.3. The van der Waals surface area contributed by atoms with Gasteiger partial charge in [0, 0.05) is 12.6 Å². The van der Waals surface area contributed by atoms with E-state index in [1.54, 1.807) is 18.2 Å². The summed E-state index contributed by atoms with van der Waals surface area (Å²) in [5, 5.41) is 3.53. The molecule has 26 heavy (non-hydrogen) atoms. The van der Waals surface area contributed by atoms with Crippen LogP contribution in [0.15, 0.2) is 36.4 Å². The van der Waals surface area contributed by atoms with Crippen molar-refractivity contribution in [1.82, 2.24) is 0 Å². The highest BCUT2D eigenvalue weighted by molar-refractivity contribution is 6.42. The Morgan fingerprint density at radius 2 is 1.81 bits per heavy atom. The van der Waals surface area contributed by atoms with Gasteiger partial charge in [0.2, 0.25) is 11.8 Å². The van der Waals surface area contributed by atoms with Gasteiger partial charge in [0.1, 0.15) is 6.54 Å². The van der Waals surface area contributed by atoms with E-state index >= 15 is 0 Å². The van der Waals surface area contributed by atoms with E-state index in [4.69, 9.17) is 23.2 Å². The first-order valence-electron chi connectivity index (χ1n) is 8.33. The smallest absolute Gasteiger partial charge is 0.244 e. The molecule has 0 spiro atoms. The third-order valence-electron chi connectivity index (χ3n) is 4.05. The van der Waals surface area contributed by atoms with E-state index in [9.17, 15) is 9.59 Å². The second-order valence-electron chi connectivity index (χ2n) is 6.45. The highest BCUT2D eigenvalue weighted by atomic mass is 35.5. The Morgan fingerprint density at radius 3 is 2.38 bits per heavy atom. The van der Waals surface area contributed by atoms with E-state index in [1.807, 2.05) is 25.1 Å². The van der Waals surface area contributed by atoms with Crippen molar-refractivity contribution in [2.45, 2.75) is 33.6 Å². The second kappa shape index (κ2) is 8.56.